The Balaban J connectivity index is 2.92. The summed E-state index contributed by atoms with van der Waals surface area (Å²) in [5, 5.41) is 13.3. The van der Waals surface area contributed by atoms with Crippen molar-refractivity contribution < 1.29 is 13.9 Å². The van der Waals surface area contributed by atoms with Crippen LogP contribution in [-0.4, -0.2) is 17.2 Å². The Morgan fingerprint density at radius 3 is 2.29 bits per heavy atom. The van der Waals surface area contributed by atoms with Crippen molar-refractivity contribution in [3.63, 3.8) is 0 Å². The number of nitrogens with one attached hydrogen (secondary N) is 1. The lowest BCUT2D eigenvalue weighted by Gasteiger charge is -2.30. The van der Waals surface area contributed by atoms with Crippen LogP contribution in [0.1, 0.15) is 33.3 Å². The van der Waals surface area contributed by atoms with Crippen molar-refractivity contribution >= 4 is 0 Å². The van der Waals surface area contributed by atoms with Crippen molar-refractivity contribution in [1.82, 2.24) is 5.32 Å². The van der Waals surface area contributed by atoms with Crippen molar-refractivity contribution in [1.29, 1.82) is 0 Å². The smallest absolute Gasteiger partial charge is 0.129 e. The summed E-state index contributed by atoms with van der Waals surface area (Å²) in [7, 11) is 0. The van der Waals surface area contributed by atoms with Gasteiger partial charge in [0.15, 0.2) is 0 Å². The van der Waals surface area contributed by atoms with Gasteiger partial charge in [0.1, 0.15) is 17.2 Å². The predicted octanol–water partition coefficient (Wildman–Crippen LogP) is 2.56. The molecule has 0 amide bonds. The summed E-state index contributed by atoms with van der Waals surface area (Å²) >= 11 is 0. The molecule has 0 aliphatic heterocycles. The van der Waals surface area contributed by atoms with Gasteiger partial charge in [-0.3, -0.25) is 0 Å². The summed E-state index contributed by atoms with van der Waals surface area (Å²) in [6.45, 7) is 7.42. The van der Waals surface area contributed by atoms with Crippen molar-refractivity contribution in [2.24, 2.45) is 0 Å². The topological polar surface area (TPSA) is 32.3 Å². The number of β-amino-alcohol motifs (C(OH)–C–C–N with tert-alkyl or cyclic N) is 1. The third kappa shape index (κ3) is 4.06. The van der Waals surface area contributed by atoms with E-state index in [9.17, 15) is 13.9 Å². The minimum atomic E-state index is -1.44. The fourth-order valence-electron chi connectivity index (χ4n) is 1.44. The van der Waals surface area contributed by atoms with Crippen LogP contribution < -0.4 is 5.32 Å². The van der Waals surface area contributed by atoms with Gasteiger partial charge in [-0.2, -0.15) is 0 Å². The van der Waals surface area contributed by atoms with E-state index in [0.717, 1.165) is 18.2 Å². The van der Waals surface area contributed by atoms with E-state index >= 15 is 0 Å². The second kappa shape index (κ2) is 4.70. The zero-order chi connectivity index (χ0) is 13.3. The highest BCUT2D eigenvalue weighted by Gasteiger charge is 2.28. The van der Waals surface area contributed by atoms with Crippen LogP contribution in [0, 0.1) is 11.6 Å². The standard InChI is InChI=1S/C13H19F2NO/c1-12(2,3)16-8-13(4,17)10-7-9(14)5-6-11(10)15/h5-7,16-17H,8H2,1-4H3. The molecule has 0 heterocycles. The molecular formula is C13H19F2NO. The van der Waals surface area contributed by atoms with Gasteiger partial charge in [0.25, 0.3) is 0 Å². The molecule has 2 N–H and O–H groups in total. The second-order valence-electron chi connectivity index (χ2n) is 5.50. The number of hydrogen-bond acceptors (Lipinski definition) is 2. The number of benzene rings is 1. The summed E-state index contributed by atoms with van der Waals surface area (Å²) < 4.78 is 26.6. The lowest BCUT2D eigenvalue weighted by molar-refractivity contribution is 0.0462. The molecule has 1 atom stereocenters. The zero-order valence-corrected chi connectivity index (χ0v) is 10.6. The highest BCUT2D eigenvalue weighted by molar-refractivity contribution is 5.25. The molecule has 4 heteroatoms. The summed E-state index contributed by atoms with van der Waals surface area (Å²) in [5.74, 6) is -1.16. The molecule has 0 saturated heterocycles. The van der Waals surface area contributed by atoms with Gasteiger partial charge in [0.2, 0.25) is 0 Å². The Morgan fingerprint density at radius 2 is 1.76 bits per heavy atom. The fraction of sp³-hybridized carbons (Fsp3) is 0.538. The molecule has 96 valence electrons. The molecule has 0 radical (unpaired) electrons. The number of aliphatic hydroxyl groups is 1. The third-order valence-corrected chi connectivity index (χ3v) is 2.47. The predicted molar refractivity (Wildman–Crippen MR) is 63.7 cm³/mol. The van der Waals surface area contributed by atoms with Gasteiger partial charge >= 0.3 is 0 Å². The number of halogens is 2. The van der Waals surface area contributed by atoms with Crippen molar-refractivity contribution in [2.45, 2.75) is 38.8 Å². The van der Waals surface area contributed by atoms with E-state index in [-0.39, 0.29) is 17.6 Å². The van der Waals surface area contributed by atoms with E-state index in [1.165, 1.54) is 6.92 Å². The van der Waals surface area contributed by atoms with Gasteiger partial charge in [-0.25, -0.2) is 8.78 Å². The largest absolute Gasteiger partial charge is 0.384 e. The molecule has 1 aromatic carbocycles. The number of hydrogen-bond donors (Lipinski definition) is 2. The molecule has 1 unspecified atom stereocenters. The minimum Gasteiger partial charge on any atom is -0.384 e. The van der Waals surface area contributed by atoms with E-state index in [2.05, 4.69) is 5.32 Å². The Morgan fingerprint density at radius 1 is 1.18 bits per heavy atom. The van der Waals surface area contributed by atoms with E-state index in [0.29, 0.717) is 0 Å². The molecule has 2 nitrogen and oxygen atoms in total. The second-order valence-corrected chi connectivity index (χ2v) is 5.50. The molecule has 1 aromatic rings. The highest BCUT2D eigenvalue weighted by atomic mass is 19.1. The molecular weight excluding hydrogens is 224 g/mol. The van der Waals surface area contributed by atoms with Crippen LogP contribution >= 0.6 is 0 Å². The van der Waals surface area contributed by atoms with Crippen LogP contribution in [0.3, 0.4) is 0 Å². The monoisotopic (exact) mass is 243 g/mol. The Bertz CT molecular complexity index is 397. The molecule has 0 aromatic heterocycles. The molecule has 0 bridgehead atoms. The van der Waals surface area contributed by atoms with Crippen LogP contribution in [0.5, 0.6) is 0 Å². The summed E-state index contributed by atoms with van der Waals surface area (Å²) in [4.78, 5) is 0. The average Bonchev–Trinajstić information content (AvgIpc) is 2.18. The van der Waals surface area contributed by atoms with E-state index in [1.807, 2.05) is 20.8 Å². The molecule has 0 aliphatic rings. The molecule has 0 saturated carbocycles. The van der Waals surface area contributed by atoms with Crippen molar-refractivity contribution in [3.8, 4) is 0 Å². The first-order chi connectivity index (χ1) is 7.62. The molecule has 0 aliphatic carbocycles. The SMILES string of the molecule is CC(C)(C)NCC(C)(O)c1cc(F)ccc1F. The van der Waals surface area contributed by atoms with Crippen LogP contribution in [0.25, 0.3) is 0 Å². The average molecular weight is 243 g/mol. The van der Waals surface area contributed by atoms with Gasteiger partial charge in [0, 0.05) is 17.6 Å². The van der Waals surface area contributed by atoms with Crippen LogP contribution in [0.4, 0.5) is 8.78 Å². The number of rotatable bonds is 3. The zero-order valence-electron chi connectivity index (χ0n) is 10.6. The van der Waals surface area contributed by atoms with Gasteiger partial charge in [0.05, 0.1) is 0 Å². The maximum atomic E-state index is 13.5. The van der Waals surface area contributed by atoms with Crippen molar-refractivity contribution in [3.05, 3.63) is 35.4 Å². The maximum absolute atomic E-state index is 13.5. The molecule has 0 spiro atoms. The molecule has 1 rings (SSSR count). The first-order valence-electron chi connectivity index (χ1n) is 5.55. The fourth-order valence-corrected chi connectivity index (χ4v) is 1.44. The lowest BCUT2D eigenvalue weighted by Crippen LogP contribution is -2.45. The van der Waals surface area contributed by atoms with E-state index < -0.39 is 17.2 Å². The van der Waals surface area contributed by atoms with Crippen LogP contribution in [0.2, 0.25) is 0 Å². The van der Waals surface area contributed by atoms with Gasteiger partial charge in [-0.05, 0) is 45.9 Å². The Labute approximate surface area is 101 Å². The van der Waals surface area contributed by atoms with E-state index in [1.54, 1.807) is 0 Å². The maximum Gasteiger partial charge on any atom is 0.129 e. The molecule has 17 heavy (non-hydrogen) atoms. The van der Waals surface area contributed by atoms with Crippen molar-refractivity contribution in [2.75, 3.05) is 6.54 Å². The lowest BCUT2D eigenvalue weighted by atomic mass is 9.94. The third-order valence-electron chi connectivity index (χ3n) is 2.47. The Hall–Kier alpha value is -1.00. The Kier molecular flexibility index (Phi) is 3.89. The van der Waals surface area contributed by atoms with E-state index in [4.69, 9.17) is 0 Å². The van der Waals surface area contributed by atoms with Crippen LogP contribution in [-0.2, 0) is 5.60 Å². The molecule has 0 fully saturated rings. The summed E-state index contributed by atoms with van der Waals surface area (Å²) in [5.41, 5.74) is -1.68. The quantitative estimate of drug-likeness (QED) is 0.855. The summed E-state index contributed by atoms with van der Waals surface area (Å²) in [6.07, 6.45) is 0. The first-order valence-corrected chi connectivity index (χ1v) is 5.55. The first kappa shape index (κ1) is 14.1. The normalized spacial score (nSPS) is 15.7. The van der Waals surface area contributed by atoms with Gasteiger partial charge in [-0.15, -0.1) is 0 Å². The highest BCUT2D eigenvalue weighted by Crippen LogP contribution is 2.24. The van der Waals surface area contributed by atoms with Gasteiger partial charge in [-0.1, -0.05) is 0 Å². The summed E-state index contributed by atoms with van der Waals surface area (Å²) in [6, 6.07) is 3.09. The van der Waals surface area contributed by atoms with Gasteiger partial charge < -0.3 is 10.4 Å². The van der Waals surface area contributed by atoms with Crippen LogP contribution in [0.15, 0.2) is 18.2 Å². The minimum absolute atomic E-state index is 0.0331.